The van der Waals surface area contributed by atoms with E-state index in [1.165, 1.54) is 5.32 Å². The number of alkyl halides is 3. The van der Waals surface area contributed by atoms with Gasteiger partial charge in [-0.1, -0.05) is 0 Å². The van der Waals surface area contributed by atoms with E-state index < -0.39 is 62.6 Å². The van der Waals surface area contributed by atoms with Gasteiger partial charge in [0.05, 0.1) is 12.8 Å². The van der Waals surface area contributed by atoms with Gasteiger partial charge in [-0.05, 0) is 6.42 Å². The topological polar surface area (TPSA) is 146 Å². The summed E-state index contributed by atoms with van der Waals surface area (Å²) in [5, 5.41) is 21.5. The lowest BCUT2D eigenvalue weighted by Gasteiger charge is -2.43. The molecular formula is C10H15F3NO8P. The molecule has 0 radical (unpaired) electrons. The Morgan fingerprint density at radius 2 is 1.96 bits per heavy atom. The van der Waals surface area contributed by atoms with E-state index in [9.17, 15) is 32.7 Å². The Morgan fingerprint density at radius 3 is 2.48 bits per heavy atom. The van der Waals surface area contributed by atoms with Crippen LogP contribution in [0.1, 0.15) is 6.42 Å². The number of nitrogens with one attached hydrogen (secondary N) is 1. The molecule has 0 aromatic carbocycles. The van der Waals surface area contributed by atoms with Crippen LogP contribution in [0.2, 0.25) is 0 Å². The number of halogens is 3. The average Bonchev–Trinajstić information content (AvgIpc) is 2.80. The molecule has 0 aliphatic carbocycles. The number of aliphatic hydroxyl groups is 2. The highest BCUT2D eigenvalue weighted by molar-refractivity contribution is 7.51. The van der Waals surface area contributed by atoms with Crippen molar-refractivity contribution in [1.29, 1.82) is 0 Å². The normalized spacial score (nSPS) is 37.7. The van der Waals surface area contributed by atoms with Gasteiger partial charge in [-0.15, -0.1) is 0 Å². The maximum Gasteiger partial charge on any atom is 0.471 e. The van der Waals surface area contributed by atoms with E-state index in [0.717, 1.165) is 0 Å². The van der Waals surface area contributed by atoms with Crippen LogP contribution in [0.5, 0.6) is 0 Å². The lowest BCUT2D eigenvalue weighted by Crippen LogP contribution is -2.66. The second-order valence-electron chi connectivity index (χ2n) is 5.43. The first-order valence-corrected chi connectivity index (χ1v) is 8.23. The third kappa shape index (κ3) is 3.85. The second kappa shape index (κ2) is 5.96. The highest BCUT2D eigenvalue weighted by atomic mass is 31.2. The summed E-state index contributed by atoms with van der Waals surface area (Å²) >= 11 is 0. The molecule has 2 aliphatic heterocycles. The molecule has 0 saturated carbocycles. The number of ether oxygens (including phenoxy) is 2. The Kier molecular flexibility index (Phi) is 4.81. The predicted molar refractivity (Wildman–Crippen MR) is 65.1 cm³/mol. The fourth-order valence-electron chi connectivity index (χ4n) is 2.52. The minimum atomic E-state index is -5.20. The van der Waals surface area contributed by atoms with Crippen LogP contribution in [-0.4, -0.2) is 75.0 Å². The standard InChI is InChI=1S/C10H15F3NO8P/c11-10(12,13)8(17)14-4-5(15)6(16)9(1-2-23(18,19)20)3-21-7(4)22-9/h4-7,15-16H,1-3H2,(H,14,17)(H2,18,19,20)/t4-,5+,6-,7-,9-/m0/s1. The molecule has 2 aliphatic rings. The molecular weight excluding hydrogens is 350 g/mol. The summed E-state index contributed by atoms with van der Waals surface area (Å²) in [7, 11) is -4.42. The third-order valence-electron chi connectivity index (χ3n) is 3.75. The van der Waals surface area contributed by atoms with Gasteiger partial charge in [-0.3, -0.25) is 9.36 Å². The lowest BCUT2D eigenvalue weighted by atomic mass is 9.86. The summed E-state index contributed by atoms with van der Waals surface area (Å²) in [4.78, 5) is 28.7. The minimum absolute atomic E-state index is 0.383. The van der Waals surface area contributed by atoms with Crippen LogP contribution < -0.4 is 5.32 Å². The minimum Gasteiger partial charge on any atom is -0.388 e. The first-order chi connectivity index (χ1) is 10.4. The number of carbonyl (C=O) groups is 1. The van der Waals surface area contributed by atoms with Crippen molar-refractivity contribution in [1.82, 2.24) is 5.32 Å². The molecule has 23 heavy (non-hydrogen) atoms. The van der Waals surface area contributed by atoms with Crippen molar-refractivity contribution >= 4 is 13.5 Å². The zero-order chi connectivity index (χ0) is 17.6. The molecule has 0 aromatic heterocycles. The van der Waals surface area contributed by atoms with Gasteiger partial charge in [0.15, 0.2) is 6.29 Å². The molecule has 0 spiro atoms. The van der Waals surface area contributed by atoms with Crippen molar-refractivity contribution in [3.05, 3.63) is 0 Å². The fourth-order valence-corrected chi connectivity index (χ4v) is 3.19. The predicted octanol–water partition coefficient (Wildman–Crippen LogP) is -1.55. The second-order valence-corrected chi connectivity index (χ2v) is 7.21. The zero-order valence-corrected chi connectivity index (χ0v) is 12.3. The number of fused-ring (bicyclic) bond motifs is 2. The molecule has 2 heterocycles. The lowest BCUT2D eigenvalue weighted by molar-refractivity contribution is -0.229. The molecule has 0 unspecified atom stereocenters. The van der Waals surface area contributed by atoms with Crippen LogP contribution in [0.15, 0.2) is 0 Å². The van der Waals surface area contributed by atoms with E-state index in [4.69, 9.17) is 19.3 Å². The smallest absolute Gasteiger partial charge is 0.388 e. The largest absolute Gasteiger partial charge is 0.471 e. The molecule has 0 aromatic rings. The van der Waals surface area contributed by atoms with Gasteiger partial charge in [0, 0.05) is 0 Å². The van der Waals surface area contributed by atoms with Gasteiger partial charge in [-0.25, -0.2) is 0 Å². The van der Waals surface area contributed by atoms with Gasteiger partial charge in [0.25, 0.3) is 0 Å². The SMILES string of the molecule is O=C(N[C@@H]1[C@H]2OC[C@](CCP(=O)(O)O)(O2)[C@@H](O)[C@@H]1O)C(F)(F)F. The Labute approximate surface area is 127 Å². The molecule has 5 atom stereocenters. The van der Waals surface area contributed by atoms with Crippen molar-refractivity contribution in [2.75, 3.05) is 12.8 Å². The molecule has 2 saturated heterocycles. The van der Waals surface area contributed by atoms with Crippen LogP contribution in [0.25, 0.3) is 0 Å². The van der Waals surface area contributed by atoms with Gasteiger partial charge in [-0.2, -0.15) is 13.2 Å². The highest BCUT2D eigenvalue weighted by Gasteiger charge is 2.60. The third-order valence-corrected chi connectivity index (χ3v) is 4.55. The van der Waals surface area contributed by atoms with Crippen LogP contribution in [0.4, 0.5) is 13.2 Å². The van der Waals surface area contributed by atoms with E-state index in [2.05, 4.69) is 0 Å². The molecule has 13 heteroatoms. The molecule has 9 nitrogen and oxygen atoms in total. The van der Waals surface area contributed by atoms with Crippen molar-refractivity contribution in [2.24, 2.45) is 0 Å². The van der Waals surface area contributed by atoms with E-state index in [1.54, 1.807) is 0 Å². The van der Waals surface area contributed by atoms with E-state index >= 15 is 0 Å². The first-order valence-electron chi connectivity index (χ1n) is 6.43. The summed E-state index contributed by atoms with van der Waals surface area (Å²) in [5.74, 6) is -2.34. The Balaban J connectivity index is 2.11. The van der Waals surface area contributed by atoms with E-state index in [0.29, 0.717) is 0 Å². The van der Waals surface area contributed by atoms with E-state index in [-0.39, 0.29) is 6.42 Å². The summed E-state index contributed by atoms with van der Waals surface area (Å²) < 4.78 is 58.0. The van der Waals surface area contributed by atoms with Crippen molar-refractivity contribution in [3.63, 3.8) is 0 Å². The fraction of sp³-hybridized carbons (Fsp3) is 0.900. The molecule has 2 fully saturated rings. The van der Waals surface area contributed by atoms with Crippen LogP contribution in [0, 0.1) is 0 Å². The maximum atomic E-state index is 12.3. The summed E-state index contributed by atoms with van der Waals surface area (Å²) in [6, 6.07) is -1.68. The monoisotopic (exact) mass is 365 g/mol. The van der Waals surface area contributed by atoms with Gasteiger partial charge in [0.2, 0.25) is 0 Å². The quantitative estimate of drug-likeness (QED) is 0.377. The van der Waals surface area contributed by atoms with Crippen LogP contribution in [-0.2, 0) is 18.8 Å². The Hall–Kier alpha value is -0.750. The summed E-state index contributed by atoms with van der Waals surface area (Å²) in [6.07, 6.45) is -11.4. The molecule has 2 rings (SSSR count). The summed E-state index contributed by atoms with van der Waals surface area (Å²) in [5.41, 5.74) is -1.66. The highest BCUT2D eigenvalue weighted by Crippen LogP contribution is 2.44. The Bertz CT molecular complexity index is 525. The van der Waals surface area contributed by atoms with Crippen molar-refractivity contribution < 1.29 is 52.0 Å². The first kappa shape index (κ1) is 18.6. The number of hydrogen-bond donors (Lipinski definition) is 5. The van der Waals surface area contributed by atoms with E-state index in [1.807, 2.05) is 0 Å². The van der Waals surface area contributed by atoms with Crippen molar-refractivity contribution in [3.8, 4) is 0 Å². The van der Waals surface area contributed by atoms with Crippen LogP contribution in [0.3, 0.4) is 0 Å². The number of amides is 1. The summed E-state index contributed by atoms with van der Waals surface area (Å²) in [6.45, 7) is -0.395. The molecule has 5 N–H and O–H groups in total. The van der Waals surface area contributed by atoms with Crippen LogP contribution >= 0.6 is 7.60 Å². The molecule has 2 bridgehead atoms. The van der Waals surface area contributed by atoms with Gasteiger partial charge < -0.3 is 34.8 Å². The molecule has 134 valence electrons. The maximum absolute atomic E-state index is 12.3. The zero-order valence-electron chi connectivity index (χ0n) is 11.4. The Morgan fingerprint density at radius 1 is 1.35 bits per heavy atom. The number of aliphatic hydroxyl groups excluding tert-OH is 2. The number of carbonyl (C=O) groups excluding carboxylic acids is 1. The number of rotatable bonds is 4. The van der Waals surface area contributed by atoms with Gasteiger partial charge in [0.1, 0.15) is 23.9 Å². The average molecular weight is 365 g/mol. The van der Waals surface area contributed by atoms with Gasteiger partial charge >= 0.3 is 19.7 Å². The van der Waals surface area contributed by atoms with Crippen molar-refractivity contribution in [2.45, 2.75) is 42.7 Å². The number of hydrogen-bond acceptors (Lipinski definition) is 6. The molecule has 1 amide bonds.